The molecule has 0 spiro atoms. The summed E-state index contributed by atoms with van der Waals surface area (Å²) in [7, 11) is 1.54. The molecule has 0 saturated carbocycles. The molecule has 216 valence electrons. The quantitative estimate of drug-likeness (QED) is 0.0977. The number of anilines is 1. The highest BCUT2D eigenvalue weighted by Crippen LogP contribution is 2.26. The Balaban J connectivity index is 1.24. The zero-order valence-electron chi connectivity index (χ0n) is 23.4. The first-order valence-electron chi connectivity index (χ1n) is 13.6. The highest BCUT2D eigenvalue weighted by atomic mass is 32.2. The van der Waals surface area contributed by atoms with Crippen LogP contribution < -0.4 is 15.4 Å². The van der Waals surface area contributed by atoms with Crippen molar-refractivity contribution in [3.63, 3.8) is 0 Å². The van der Waals surface area contributed by atoms with Crippen molar-refractivity contribution in [3.05, 3.63) is 131 Å². The molecule has 0 aliphatic carbocycles. The Hall–Kier alpha value is -5.15. The van der Waals surface area contributed by atoms with Crippen molar-refractivity contribution in [2.24, 2.45) is 0 Å². The SMILES string of the molecule is COc1ccccc1/C=C(/NC(=O)c1ccccc1)C(=O)Nc1cccc(SCCCN2C(=O)c3ccccc3C2=O)c1. The smallest absolute Gasteiger partial charge is 0.272 e. The molecule has 4 amide bonds. The number of rotatable bonds is 11. The van der Waals surface area contributed by atoms with E-state index in [1.54, 1.807) is 84.6 Å². The summed E-state index contributed by atoms with van der Waals surface area (Å²) in [5, 5.41) is 5.62. The molecule has 4 aromatic rings. The van der Waals surface area contributed by atoms with E-state index in [1.165, 1.54) is 12.0 Å². The molecule has 0 unspecified atom stereocenters. The predicted molar refractivity (Wildman–Crippen MR) is 167 cm³/mol. The highest BCUT2D eigenvalue weighted by molar-refractivity contribution is 7.99. The molecular weight excluding hydrogens is 562 g/mol. The number of carbonyl (C=O) groups is 4. The maximum Gasteiger partial charge on any atom is 0.272 e. The number of imide groups is 1. The molecular formula is C34H29N3O5S. The van der Waals surface area contributed by atoms with Gasteiger partial charge in [-0.25, -0.2) is 0 Å². The van der Waals surface area contributed by atoms with Crippen LogP contribution in [-0.4, -0.2) is 47.9 Å². The van der Waals surface area contributed by atoms with E-state index in [2.05, 4.69) is 10.6 Å². The molecule has 1 heterocycles. The van der Waals surface area contributed by atoms with Crippen LogP contribution in [0.25, 0.3) is 6.08 Å². The number of carbonyl (C=O) groups excluding carboxylic acids is 4. The Morgan fingerprint density at radius 2 is 1.51 bits per heavy atom. The summed E-state index contributed by atoms with van der Waals surface area (Å²) in [5.41, 5.74) is 2.55. The number of nitrogens with one attached hydrogen (secondary N) is 2. The fourth-order valence-electron chi connectivity index (χ4n) is 4.60. The number of methoxy groups -OCH3 is 1. The zero-order valence-corrected chi connectivity index (χ0v) is 24.2. The van der Waals surface area contributed by atoms with Crippen LogP contribution >= 0.6 is 11.8 Å². The second-order valence-electron chi connectivity index (χ2n) is 9.61. The standard InChI is InChI=1S/C34H29N3O5S/c1-42-30-18-8-5-13-24(30)21-29(36-31(38)23-11-3-2-4-12-23)32(39)35-25-14-9-15-26(22-25)43-20-10-19-37-33(40)27-16-6-7-17-28(27)34(37)41/h2-9,11-18,21-22H,10,19-20H2,1H3,(H,35,39)(H,36,38)/b29-21+. The molecule has 0 aromatic heterocycles. The van der Waals surface area contributed by atoms with Gasteiger partial charge >= 0.3 is 0 Å². The third-order valence-electron chi connectivity index (χ3n) is 6.73. The minimum Gasteiger partial charge on any atom is -0.496 e. The molecule has 1 aliphatic heterocycles. The summed E-state index contributed by atoms with van der Waals surface area (Å²) in [4.78, 5) is 53.8. The maximum absolute atomic E-state index is 13.4. The Kier molecular flexibility index (Phi) is 9.33. The van der Waals surface area contributed by atoms with E-state index in [9.17, 15) is 19.2 Å². The van der Waals surface area contributed by atoms with E-state index >= 15 is 0 Å². The molecule has 0 atom stereocenters. The molecule has 5 rings (SSSR count). The third kappa shape index (κ3) is 7.02. The number of hydrogen-bond donors (Lipinski definition) is 2. The largest absolute Gasteiger partial charge is 0.496 e. The average Bonchev–Trinajstić information content (AvgIpc) is 3.28. The van der Waals surface area contributed by atoms with Gasteiger partial charge in [-0.1, -0.05) is 54.6 Å². The van der Waals surface area contributed by atoms with Gasteiger partial charge in [0.15, 0.2) is 0 Å². The van der Waals surface area contributed by atoms with Gasteiger partial charge in [0.05, 0.1) is 18.2 Å². The van der Waals surface area contributed by atoms with Crippen molar-refractivity contribution in [2.75, 3.05) is 24.7 Å². The first-order chi connectivity index (χ1) is 20.9. The first kappa shape index (κ1) is 29.3. The minimum atomic E-state index is -0.497. The van der Waals surface area contributed by atoms with E-state index in [-0.39, 0.29) is 17.5 Å². The van der Waals surface area contributed by atoms with Gasteiger partial charge in [0.2, 0.25) is 0 Å². The Labute approximate surface area is 253 Å². The second-order valence-corrected chi connectivity index (χ2v) is 10.8. The fraction of sp³-hybridized carbons (Fsp3) is 0.118. The Morgan fingerprint density at radius 1 is 0.837 bits per heavy atom. The highest BCUT2D eigenvalue weighted by Gasteiger charge is 2.34. The van der Waals surface area contributed by atoms with Crippen LogP contribution in [0.5, 0.6) is 5.75 Å². The number of fused-ring (bicyclic) bond motifs is 1. The number of benzene rings is 4. The summed E-state index contributed by atoms with van der Waals surface area (Å²) in [5.74, 6) is -0.210. The van der Waals surface area contributed by atoms with Crippen LogP contribution in [0.2, 0.25) is 0 Å². The van der Waals surface area contributed by atoms with Gasteiger partial charge in [-0.15, -0.1) is 11.8 Å². The Bertz CT molecular complexity index is 1670. The van der Waals surface area contributed by atoms with E-state index in [1.807, 2.05) is 36.4 Å². The lowest BCUT2D eigenvalue weighted by Gasteiger charge is -2.14. The van der Waals surface area contributed by atoms with Gasteiger partial charge < -0.3 is 15.4 Å². The minimum absolute atomic E-state index is 0.0531. The second kappa shape index (κ2) is 13.7. The van der Waals surface area contributed by atoms with Crippen LogP contribution in [0.3, 0.4) is 0 Å². The molecule has 2 N–H and O–H groups in total. The number of nitrogens with zero attached hydrogens (tertiary/aromatic N) is 1. The Morgan fingerprint density at radius 3 is 2.23 bits per heavy atom. The topological polar surface area (TPSA) is 105 Å². The normalized spacial score (nSPS) is 12.6. The molecule has 0 fully saturated rings. The van der Waals surface area contributed by atoms with Gasteiger partial charge in [0.25, 0.3) is 23.6 Å². The summed E-state index contributed by atoms with van der Waals surface area (Å²) in [6.07, 6.45) is 2.19. The van der Waals surface area contributed by atoms with Crippen LogP contribution in [0.4, 0.5) is 5.69 Å². The summed E-state index contributed by atoms with van der Waals surface area (Å²) in [6, 6.07) is 30.1. The molecule has 9 heteroatoms. The number of thioether (sulfide) groups is 1. The summed E-state index contributed by atoms with van der Waals surface area (Å²) >= 11 is 1.55. The fourth-order valence-corrected chi connectivity index (χ4v) is 5.49. The van der Waals surface area contributed by atoms with Crippen LogP contribution in [0.15, 0.2) is 114 Å². The van der Waals surface area contributed by atoms with Crippen molar-refractivity contribution < 1.29 is 23.9 Å². The van der Waals surface area contributed by atoms with Gasteiger partial charge in [-0.2, -0.15) is 0 Å². The van der Waals surface area contributed by atoms with Crippen LogP contribution in [-0.2, 0) is 4.79 Å². The van der Waals surface area contributed by atoms with Crippen molar-refractivity contribution in [1.29, 1.82) is 0 Å². The maximum atomic E-state index is 13.4. The zero-order chi connectivity index (χ0) is 30.2. The van der Waals surface area contributed by atoms with Crippen molar-refractivity contribution >= 4 is 47.2 Å². The molecule has 1 aliphatic rings. The number of ether oxygens (including phenoxy) is 1. The van der Waals surface area contributed by atoms with E-state index in [0.29, 0.717) is 52.4 Å². The van der Waals surface area contributed by atoms with Crippen LogP contribution in [0.1, 0.15) is 43.1 Å². The van der Waals surface area contributed by atoms with Gasteiger partial charge in [-0.3, -0.25) is 24.1 Å². The summed E-state index contributed by atoms with van der Waals surface area (Å²) in [6.45, 7) is 0.327. The third-order valence-corrected chi connectivity index (χ3v) is 7.81. The van der Waals surface area contributed by atoms with E-state index in [4.69, 9.17) is 4.74 Å². The average molecular weight is 592 g/mol. The van der Waals surface area contributed by atoms with Crippen molar-refractivity contribution in [2.45, 2.75) is 11.3 Å². The summed E-state index contributed by atoms with van der Waals surface area (Å²) < 4.78 is 5.42. The van der Waals surface area contributed by atoms with E-state index < -0.39 is 11.8 Å². The molecule has 0 radical (unpaired) electrons. The van der Waals surface area contributed by atoms with Crippen molar-refractivity contribution in [3.8, 4) is 5.75 Å². The lowest BCUT2D eigenvalue weighted by Crippen LogP contribution is -2.31. The molecule has 0 bridgehead atoms. The van der Waals surface area contributed by atoms with Crippen LogP contribution in [0, 0.1) is 0 Å². The lowest BCUT2D eigenvalue weighted by molar-refractivity contribution is -0.113. The number of hydrogen-bond acceptors (Lipinski definition) is 6. The van der Waals surface area contributed by atoms with Gasteiger partial charge in [0.1, 0.15) is 11.4 Å². The first-order valence-corrected chi connectivity index (χ1v) is 14.6. The van der Waals surface area contributed by atoms with Crippen molar-refractivity contribution in [1.82, 2.24) is 10.2 Å². The lowest BCUT2D eigenvalue weighted by atomic mass is 10.1. The monoisotopic (exact) mass is 591 g/mol. The van der Waals surface area contributed by atoms with E-state index in [0.717, 1.165) is 4.90 Å². The number of para-hydroxylation sites is 1. The van der Waals surface area contributed by atoms with Gasteiger partial charge in [-0.05, 0) is 66.8 Å². The molecule has 8 nitrogen and oxygen atoms in total. The predicted octanol–water partition coefficient (Wildman–Crippen LogP) is 5.88. The molecule has 4 aromatic carbocycles. The molecule has 0 saturated heterocycles. The number of amides is 4. The van der Waals surface area contributed by atoms with Gasteiger partial charge in [0, 0.05) is 28.3 Å². The molecule has 43 heavy (non-hydrogen) atoms.